The summed E-state index contributed by atoms with van der Waals surface area (Å²) >= 11 is 0. The summed E-state index contributed by atoms with van der Waals surface area (Å²) in [5.41, 5.74) is 0.810. The van der Waals surface area contributed by atoms with Crippen molar-refractivity contribution in [2.75, 3.05) is 19.7 Å². The van der Waals surface area contributed by atoms with Crippen molar-refractivity contribution < 1.29 is 18.7 Å². The fourth-order valence-electron chi connectivity index (χ4n) is 3.23. The Labute approximate surface area is 165 Å². The van der Waals surface area contributed by atoms with E-state index in [1.165, 1.54) is 12.1 Å². The number of nitrogens with one attached hydrogen (secondary N) is 2. The molecule has 2 aromatic rings. The van der Waals surface area contributed by atoms with Crippen LogP contribution in [0.1, 0.15) is 32.4 Å². The van der Waals surface area contributed by atoms with Crippen molar-refractivity contribution in [2.24, 2.45) is 5.41 Å². The fourth-order valence-corrected chi connectivity index (χ4v) is 3.23. The van der Waals surface area contributed by atoms with Gasteiger partial charge in [-0.15, -0.1) is 0 Å². The van der Waals surface area contributed by atoms with Crippen LogP contribution in [0.4, 0.5) is 4.39 Å². The Morgan fingerprint density at radius 2 is 1.82 bits per heavy atom. The number of para-hydroxylation sites is 2. The number of ether oxygens (including phenoxy) is 2. The van der Waals surface area contributed by atoms with Gasteiger partial charge in [-0.3, -0.25) is 4.79 Å². The zero-order chi connectivity index (χ0) is 20.1. The zero-order valence-corrected chi connectivity index (χ0v) is 16.5. The fraction of sp³-hybridized carbons (Fsp3) is 0.409. The Morgan fingerprint density at radius 1 is 1.14 bits per heavy atom. The van der Waals surface area contributed by atoms with Crippen LogP contribution >= 0.6 is 0 Å². The maximum Gasteiger partial charge on any atom is 0.234 e. The lowest BCUT2D eigenvalue weighted by atomic mass is 9.82. The number of carbonyl (C=O) groups is 1. The Hall–Kier alpha value is -2.60. The van der Waals surface area contributed by atoms with Crippen LogP contribution in [0.2, 0.25) is 0 Å². The molecular formula is C22H27FN2O3. The minimum atomic E-state index is -0.273. The van der Waals surface area contributed by atoms with Crippen molar-refractivity contribution in [3.63, 3.8) is 0 Å². The van der Waals surface area contributed by atoms with Crippen LogP contribution < -0.4 is 20.1 Å². The van der Waals surface area contributed by atoms with E-state index in [1.54, 1.807) is 12.1 Å². The molecule has 28 heavy (non-hydrogen) atoms. The maximum absolute atomic E-state index is 13.2. The first-order valence-corrected chi connectivity index (χ1v) is 9.47. The lowest BCUT2D eigenvalue weighted by Gasteiger charge is -2.32. The molecule has 0 bridgehead atoms. The maximum atomic E-state index is 13.2. The van der Waals surface area contributed by atoms with Crippen LogP contribution in [-0.2, 0) is 4.79 Å². The zero-order valence-electron chi connectivity index (χ0n) is 16.5. The van der Waals surface area contributed by atoms with Gasteiger partial charge in [0.15, 0.2) is 11.5 Å². The molecule has 150 valence electrons. The third-order valence-corrected chi connectivity index (χ3v) is 4.63. The number of benzene rings is 2. The highest BCUT2D eigenvalue weighted by atomic mass is 19.1. The number of rotatable bonds is 6. The van der Waals surface area contributed by atoms with Gasteiger partial charge in [0.25, 0.3) is 0 Å². The number of hydrogen-bond donors (Lipinski definition) is 2. The molecule has 1 aliphatic heterocycles. The van der Waals surface area contributed by atoms with Gasteiger partial charge in [-0.2, -0.15) is 0 Å². The van der Waals surface area contributed by atoms with Crippen LogP contribution in [0.15, 0.2) is 48.5 Å². The Bertz CT molecular complexity index is 802. The number of carbonyl (C=O) groups excluding carboxylic acids is 1. The number of amides is 1. The van der Waals surface area contributed by atoms with Crippen LogP contribution in [0.5, 0.6) is 11.5 Å². The van der Waals surface area contributed by atoms with E-state index in [4.69, 9.17) is 9.47 Å². The summed E-state index contributed by atoms with van der Waals surface area (Å²) in [5.74, 6) is 1.01. The molecule has 3 rings (SSSR count). The summed E-state index contributed by atoms with van der Waals surface area (Å²) < 4.78 is 24.7. The SMILES string of the molecule is CC(C)(C)C(NCC(=O)NCC1COc2ccccc2O1)c1ccc(F)cc1. The molecule has 0 radical (unpaired) electrons. The molecule has 2 unspecified atom stereocenters. The third kappa shape index (κ3) is 5.23. The summed E-state index contributed by atoms with van der Waals surface area (Å²) in [6, 6.07) is 13.8. The molecule has 6 heteroatoms. The van der Waals surface area contributed by atoms with Gasteiger partial charge in [0.1, 0.15) is 18.5 Å². The molecule has 5 nitrogen and oxygen atoms in total. The van der Waals surface area contributed by atoms with E-state index in [2.05, 4.69) is 31.4 Å². The minimum absolute atomic E-state index is 0.0833. The summed E-state index contributed by atoms with van der Waals surface area (Å²) in [7, 11) is 0. The molecule has 0 fully saturated rings. The van der Waals surface area contributed by atoms with Crippen molar-refractivity contribution in [3.8, 4) is 11.5 Å². The summed E-state index contributed by atoms with van der Waals surface area (Å²) in [4.78, 5) is 12.3. The normalized spacial score (nSPS) is 17.1. The molecule has 0 saturated carbocycles. The highest BCUT2D eigenvalue weighted by molar-refractivity contribution is 5.78. The lowest BCUT2D eigenvalue weighted by Crippen LogP contribution is -2.45. The van der Waals surface area contributed by atoms with Gasteiger partial charge < -0.3 is 20.1 Å². The molecule has 2 N–H and O–H groups in total. The van der Waals surface area contributed by atoms with Crippen LogP contribution in [0.3, 0.4) is 0 Å². The van der Waals surface area contributed by atoms with E-state index in [0.29, 0.717) is 18.9 Å². The first-order valence-electron chi connectivity index (χ1n) is 9.47. The Kier molecular flexibility index (Phi) is 6.19. The standard InChI is InChI=1S/C22H27FN2O3/c1-22(2,3)21(15-8-10-16(23)11-9-15)25-13-20(26)24-12-17-14-27-18-6-4-5-7-19(18)28-17/h4-11,17,21,25H,12-14H2,1-3H3,(H,24,26). The molecular weight excluding hydrogens is 359 g/mol. The van der Waals surface area contributed by atoms with E-state index in [0.717, 1.165) is 11.3 Å². The summed E-state index contributed by atoms with van der Waals surface area (Å²) in [6.45, 7) is 7.16. The molecule has 0 aromatic heterocycles. The smallest absolute Gasteiger partial charge is 0.234 e. The van der Waals surface area contributed by atoms with Crippen molar-refractivity contribution in [2.45, 2.75) is 32.9 Å². The number of hydrogen-bond acceptors (Lipinski definition) is 4. The first-order chi connectivity index (χ1) is 13.3. The summed E-state index contributed by atoms with van der Waals surface area (Å²) in [5, 5.41) is 6.18. The van der Waals surface area contributed by atoms with E-state index < -0.39 is 0 Å². The van der Waals surface area contributed by atoms with E-state index in [1.807, 2.05) is 24.3 Å². The molecule has 2 aromatic carbocycles. The van der Waals surface area contributed by atoms with Gasteiger partial charge in [-0.1, -0.05) is 45.0 Å². The average Bonchev–Trinajstić information content (AvgIpc) is 2.66. The number of halogens is 1. The van der Waals surface area contributed by atoms with Crippen molar-refractivity contribution in [1.29, 1.82) is 0 Å². The van der Waals surface area contributed by atoms with E-state index in [-0.39, 0.29) is 35.8 Å². The predicted molar refractivity (Wildman–Crippen MR) is 106 cm³/mol. The van der Waals surface area contributed by atoms with E-state index in [9.17, 15) is 9.18 Å². The van der Waals surface area contributed by atoms with Gasteiger partial charge in [-0.05, 0) is 35.2 Å². The van der Waals surface area contributed by atoms with E-state index >= 15 is 0 Å². The van der Waals surface area contributed by atoms with Crippen molar-refractivity contribution in [3.05, 3.63) is 59.9 Å². The van der Waals surface area contributed by atoms with Crippen molar-refractivity contribution >= 4 is 5.91 Å². The molecule has 1 aliphatic rings. The second kappa shape index (κ2) is 8.61. The highest BCUT2D eigenvalue weighted by Gasteiger charge is 2.27. The second-order valence-corrected chi connectivity index (χ2v) is 8.03. The number of fused-ring (bicyclic) bond motifs is 1. The van der Waals surface area contributed by atoms with Crippen molar-refractivity contribution in [1.82, 2.24) is 10.6 Å². The van der Waals surface area contributed by atoms with Gasteiger partial charge >= 0.3 is 0 Å². The Morgan fingerprint density at radius 3 is 2.50 bits per heavy atom. The van der Waals surface area contributed by atoms with Crippen LogP contribution in [0, 0.1) is 11.2 Å². The van der Waals surface area contributed by atoms with Gasteiger partial charge in [0.2, 0.25) is 5.91 Å². The highest BCUT2D eigenvalue weighted by Crippen LogP contribution is 2.33. The van der Waals surface area contributed by atoms with Crippen LogP contribution in [0.25, 0.3) is 0 Å². The lowest BCUT2D eigenvalue weighted by molar-refractivity contribution is -0.121. The molecule has 0 spiro atoms. The first kappa shape index (κ1) is 20.1. The molecule has 2 atom stereocenters. The summed E-state index contributed by atoms with van der Waals surface area (Å²) in [6.07, 6.45) is -0.227. The third-order valence-electron chi connectivity index (χ3n) is 4.63. The molecule has 1 heterocycles. The monoisotopic (exact) mass is 386 g/mol. The van der Waals surface area contributed by atoms with Gasteiger partial charge in [0, 0.05) is 6.04 Å². The second-order valence-electron chi connectivity index (χ2n) is 8.03. The van der Waals surface area contributed by atoms with Gasteiger partial charge in [-0.25, -0.2) is 4.39 Å². The topological polar surface area (TPSA) is 59.6 Å². The largest absolute Gasteiger partial charge is 0.486 e. The van der Waals surface area contributed by atoms with Crippen LogP contribution in [-0.4, -0.2) is 31.7 Å². The average molecular weight is 386 g/mol. The molecule has 0 aliphatic carbocycles. The minimum Gasteiger partial charge on any atom is -0.486 e. The van der Waals surface area contributed by atoms with Gasteiger partial charge in [0.05, 0.1) is 13.1 Å². The predicted octanol–water partition coefficient (Wildman–Crippen LogP) is 3.46. The Balaban J connectivity index is 1.50. The molecule has 0 saturated heterocycles. The molecule has 1 amide bonds. The quantitative estimate of drug-likeness (QED) is 0.798.